The minimum absolute atomic E-state index is 0.455. The van der Waals surface area contributed by atoms with Crippen LogP contribution in [0.2, 0.25) is 0 Å². The molecule has 22 heavy (non-hydrogen) atoms. The molecule has 3 nitrogen and oxygen atoms in total. The molecule has 0 aromatic heterocycles. The molecule has 0 fully saturated rings. The van der Waals surface area contributed by atoms with E-state index in [1.807, 2.05) is 32.6 Å². The third kappa shape index (κ3) is 6.62. The van der Waals surface area contributed by atoms with Crippen LogP contribution in [0.15, 0.2) is 12.1 Å². The van der Waals surface area contributed by atoms with E-state index >= 15 is 0 Å². The van der Waals surface area contributed by atoms with Gasteiger partial charge in [0.2, 0.25) is 0 Å². The van der Waals surface area contributed by atoms with E-state index in [2.05, 4.69) is 41.5 Å². The van der Waals surface area contributed by atoms with Crippen LogP contribution in [0.3, 0.4) is 0 Å². The first-order chi connectivity index (χ1) is 10.3. The summed E-state index contributed by atoms with van der Waals surface area (Å²) in [6.45, 7) is 14.8. The Morgan fingerprint density at radius 2 is 1.18 bits per heavy atom. The normalized spacial score (nSPS) is 11.3. The van der Waals surface area contributed by atoms with Gasteiger partial charge in [-0.05, 0) is 0 Å². The van der Waals surface area contributed by atoms with Gasteiger partial charge in [-0.3, -0.25) is 0 Å². The van der Waals surface area contributed by atoms with Crippen molar-refractivity contribution >= 4 is 3.87 Å². The van der Waals surface area contributed by atoms with Crippen LogP contribution in [-0.4, -0.2) is 19.8 Å². The second-order valence-electron chi connectivity index (χ2n) is 6.88. The second-order valence-corrected chi connectivity index (χ2v) is 7.73. The Kier molecular flexibility index (Phi) is 8.34. The van der Waals surface area contributed by atoms with Crippen molar-refractivity contribution in [3.8, 4) is 17.2 Å². The van der Waals surface area contributed by atoms with Gasteiger partial charge >= 0.3 is 147 Å². The zero-order chi connectivity index (χ0) is 16.7. The van der Waals surface area contributed by atoms with E-state index in [0.717, 1.165) is 21.1 Å². The fourth-order valence-electron chi connectivity index (χ4n) is 1.69. The average Bonchev–Trinajstić information content (AvgIpc) is 2.42. The van der Waals surface area contributed by atoms with Gasteiger partial charge in [-0.1, -0.05) is 0 Å². The van der Waals surface area contributed by atoms with Gasteiger partial charge in [0.15, 0.2) is 0 Å². The zero-order valence-corrected chi connectivity index (χ0v) is 16.3. The van der Waals surface area contributed by atoms with E-state index < -0.39 is 0 Å². The Labute approximate surface area is 147 Å². The van der Waals surface area contributed by atoms with E-state index in [-0.39, 0.29) is 0 Å². The first-order valence-electron chi connectivity index (χ1n) is 8.08. The van der Waals surface area contributed by atoms with Crippen LogP contribution in [0.5, 0.6) is 17.2 Å². The van der Waals surface area contributed by atoms with Crippen molar-refractivity contribution in [1.82, 2.24) is 0 Å². The summed E-state index contributed by atoms with van der Waals surface area (Å²) in [6, 6.07) is 4.02. The van der Waals surface area contributed by atoms with Crippen molar-refractivity contribution in [2.45, 2.75) is 41.5 Å². The molecule has 123 valence electrons. The molecule has 1 rings (SSSR count). The molecule has 0 aliphatic rings. The topological polar surface area (TPSA) is 27.7 Å². The van der Waals surface area contributed by atoms with Crippen molar-refractivity contribution in [3.05, 3.63) is 12.1 Å². The maximum absolute atomic E-state index is 6.03. The SMILES string of the molecule is CC(C)COc1cc[c]([Ti])c(OCC(C)C)c1OCC(C)C. The summed E-state index contributed by atoms with van der Waals surface area (Å²) < 4.78 is 19.0. The Morgan fingerprint density at radius 1 is 0.727 bits per heavy atom. The van der Waals surface area contributed by atoms with Crippen LogP contribution in [0, 0.1) is 17.8 Å². The Bertz CT molecular complexity index is 456. The average molecular weight is 341 g/mol. The molecule has 1 aromatic carbocycles. The van der Waals surface area contributed by atoms with E-state index in [4.69, 9.17) is 14.2 Å². The Morgan fingerprint density at radius 3 is 1.68 bits per heavy atom. The van der Waals surface area contributed by atoms with Crippen molar-refractivity contribution < 1.29 is 34.6 Å². The van der Waals surface area contributed by atoms with Crippen LogP contribution in [0.25, 0.3) is 0 Å². The summed E-state index contributed by atoms with van der Waals surface area (Å²) in [5.74, 6) is 3.73. The predicted molar refractivity (Wildman–Crippen MR) is 87.1 cm³/mol. The molecule has 0 aliphatic carbocycles. The van der Waals surface area contributed by atoms with E-state index in [1.165, 1.54) is 0 Å². The van der Waals surface area contributed by atoms with Gasteiger partial charge < -0.3 is 0 Å². The first-order valence-corrected chi connectivity index (χ1v) is 8.86. The van der Waals surface area contributed by atoms with Crippen LogP contribution in [0.1, 0.15) is 41.5 Å². The van der Waals surface area contributed by atoms with Gasteiger partial charge in [-0.15, -0.1) is 0 Å². The second kappa shape index (κ2) is 9.47. The standard InChI is InChI=1S/C18H29O3.Ti/c1-13(2)10-19-16-8-7-9-17(20-11-14(3)4)18(16)21-12-15(5)6;/h7-8,13-15H,10-12H2,1-6H3;. The van der Waals surface area contributed by atoms with Gasteiger partial charge in [0, 0.05) is 0 Å². The van der Waals surface area contributed by atoms with E-state index in [1.54, 1.807) is 0 Å². The van der Waals surface area contributed by atoms with Gasteiger partial charge in [-0.25, -0.2) is 0 Å². The summed E-state index contributed by atoms with van der Waals surface area (Å²) in [4.78, 5) is 0. The maximum atomic E-state index is 6.03. The van der Waals surface area contributed by atoms with Crippen LogP contribution < -0.4 is 18.1 Å². The van der Waals surface area contributed by atoms with Gasteiger partial charge in [0.1, 0.15) is 0 Å². The molecule has 0 saturated carbocycles. The van der Waals surface area contributed by atoms with Crippen molar-refractivity contribution in [3.63, 3.8) is 0 Å². The zero-order valence-electron chi connectivity index (χ0n) is 14.7. The molecule has 0 heterocycles. The fraction of sp³-hybridized carbons (Fsp3) is 0.667. The molecule has 0 aliphatic heterocycles. The summed E-state index contributed by atoms with van der Waals surface area (Å²) in [7, 11) is 0. The number of hydrogen-bond acceptors (Lipinski definition) is 3. The summed E-state index contributed by atoms with van der Waals surface area (Å²) in [5, 5.41) is 0. The van der Waals surface area contributed by atoms with Crippen molar-refractivity contribution in [1.29, 1.82) is 0 Å². The van der Waals surface area contributed by atoms with Crippen molar-refractivity contribution in [2.24, 2.45) is 17.8 Å². The number of hydrogen-bond donors (Lipinski definition) is 0. The summed E-state index contributed by atoms with van der Waals surface area (Å²) in [5.41, 5.74) is 0. The minimum atomic E-state index is 0.455. The number of rotatable bonds is 9. The molecule has 0 bridgehead atoms. The first kappa shape index (κ1) is 19.4. The molecule has 0 amide bonds. The summed E-state index contributed by atoms with van der Waals surface area (Å²) in [6.07, 6.45) is 0. The molecule has 0 N–H and O–H groups in total. The van der Waals surface area contributed by atoms with Gasteiger partial charge in [0.05, 0.1) is 0 Å². The van der Waals surface area contributed by atoms with Crippen LogP contribution in [-0.2, 0) is 20.4 Å². The quantitative estimate of drug-likeness (QED) is 0.636. The molecule has 0 spiro atoms. The van der Waals surface area contributed by atoms with Gasteiger partial charge in [-0.2, -0.15) is 0 Å². The molecule has 0 saturated heterocycles. The summed E-state index contributed by atoms with van der Waals surface area (Å²) >= 11 is 2.05. The third-order valence-electron chi connectivity index (χ3n) is 2.77. The molecule has 0 atom stereocenters. The van der Waals surface area contributed by atoms with E-state index in [0.29, 0.717) is 37.6 Å². The predicted octanol–water partition coefficient (Wildman–Crippen LogP) is 3.96. The molecular weight excluding hydrogens is 312 g/mol. The molecule has 1 aromatic rings. The fourth-order valence-corrected chi connectivity index (χ4v) is 2.11. The van der Waals surface area contributed by atoms with Crippen molar-refractivity contribution in [2.75, 3.05) is 19.8 Å². The van der Waals surface area contributed by atoms with E-state index in [9.17, 15) is 0 Å². The molecule has 0 unspecified atom stereocenters. The Hall–Kier alpha value is -0.666. The van der Waals surface area contributed by atoms with Crippen LogP contribution in [0.4, 0.5) is 0 Å². The molecular formula is C18H29O3Ti. The molecule has 0 radical (unpaired) electrons. The monoisotopic (exact) mass is 341 g/mol. The third-order valence-corrected chi connectivity index (χ3v) is 3.39. The number of ether oxygens (including phenoxy) is 3. The van der Waals surface area contributed by atoms with Crippen LogP contribution >= 0.6 is 0 Å². The van der Waals surface area contributed by atoms with Gasteiger partial charge in [0.25, 0.3) is 0 Å². The Balaban J connectivity index is 3.05. The number of benzene rings is 1. The molecule has 4 heteroatoms.